The van der Waals surface area contributed by atoms with Crippen molar-refractivity contribution in [2.24, 2.45) is 7.05 Å². The number of hydrogen-bond acceptors (Lipinski definition) is 4. The first-order valence-corrected chi connectivity index (χ1v) is 6.96. The summed E-state index contributed by atoms with van der Waals surface area (Å²) in [5.41, 5.74) is 0. The molecule has 0 bridgehead atoms. The minimum Gasteiger partial charge on any atom is -0.311 e. The van der Waals surface area contributed by atoms with Gasteiger partial charge in [-0.05, 0) is 19.4 Å². The highest BCUT2D eigenvalue weighted by Crippen LogP contribution is 2.11. The first kappa shape index (κ1) is 13.5. The van der Waals surface area contributed by atoms with Crippen molar-refractivity contribution in [3.63, 3.8) is 0 Å². The lowest BCUT2D eigenvalue weighted by Gasteiger charge is -2.34. The van der Waals surface area contributed by atoms with Crippen LogP contribution in [0.2, 0.25) is 0 Å². The molecule has 0 saturated carbocycles. The minimum absolute atomic E-state index is 0.576. The Balaban J connectivity index is 1.75. The third kappa shape index (κ3) is 4.07. The number of aryl methyl sites for hydroxylation is 1. The number of aromatic nitrogens is 3. The molecule has 0 spiro atoms. The number of hydrogen-bond donors (Lipinski definition) is 1. The van der Waals surface area contributed by atoms with Gasteiger partial charge in [0.1, 0.15) is 6.33 Å². The maximum Gasteiger partial charge on any atom is 0.151 e. The van der Waals surface area contributed by atoms with E-state index in [-0.39, 0.29) is 0 Å². The first-order valence-electron chi connectivity index (χ1n) is 6.96. The molecule has 1 unspecified atom stereocenters. The zero-order chi connectivity index (χ0) is 13.0. The number of nitrogens with zero attached hydrogens (tertiary/aromatic N) is 4. The van der Waals surface area contributed by atoms with Crippen LogP contribution in [0.1, 0.15) is 32.5 Å². The fourth-order valence-electron chi connectivity index (χ4n) is 2.62. The zero-order valence-electron chi connectivity index (χ0n) is 11.8. The molecule has 1 aliphatic rings. The maximum absolute atomic E-state index is 4.33. The Labute approximate surface area is 110 Å². The Kier molecular flexibility index (Phi) is 4.72. The molecular weight excluding hydrogens is 226 g/mol. The fourth-order valence-corrected chi connectivity index (χ4v) is 2.62. The second kappa shape index (κ2) is 6.29. The van der Waals surface area contributed by atoms with Gasteiger partial charge < -0.3 is 10.2 Å². The van der Waals surface area contributed by atoms with Crippen molar-refractivity contribution >= 4 is 0 Å². The highest BCUT2D eigenvalue weighted by molar-refractivity contribution is 4.85. The molecule has 2 rings (SSSR count). The molecule has 0 amide bonds. The molecule has 1 N–H and O–H groups in total. The third-order valence-electron chi connectivity index (χ3n) is 3.37. The van der Waals surface area contributed by atoms with E-state index in [2.05, 4.69) is 34.1 Å². The van der Waals surface area contributed by atoms with Gasteiger partial charge >= 0.3 is 0 Å². The van der Waals surface area contributed by atoms with E-state index in [1.165, 1.54) is 19.4 Å². The summed E-state index contributed by atoms with van der Waals surface area (Å²) < 4.78 is 1.77. The van der Waals surface area contributed by atoms with Crippen LogP contribution < -0.4 is 5.32 Å². The molecule has 5 nitrogen and oxygen atoms in total. The highest BCUT2D eigenvalue weighted by Gasteiger charge is 2.20. The molecule has 1 saturated heterocycles. The van der Waals surface area contributed by atoms with Gasteiger partial charge in [0.15, 0.2) is 5.82 Å². The van der Waals surface area contributed by atoms with Crippen molar-refractivity contribution < 1.29 is 0 Å². The molecule has 1 atom stereocenters. The van der Waals surface area contributed by atoms with Gasteiger partial charge in [-0.25, -0.2) is 4.98 Å². The monoisotopic (exact) mass is 251 g/mol. The van der Waals surface area contributed by atoms with Crippen molar-refractivity contribution in [3.05, 3.63) is 12.2 Å². The Morgan fingerprint density at radius 3 is 3.00 bits per heavy atom. The Bertz CT molecular complexity index is 360. The molecule has 1 fully saturated rings. The van der Waals surface area contributed by atoms with Crippen LogP contribution >= 0.6 is 0 Å². The molecule has 1 aromatic rings. The summed E-state index contributed by atoms with van der Waals surface area (Å²) in [5, 5.41) is 7.96. The van der Waals surface area contributed by atoms with Crippen LogP contribution in [0.15, 0.2) is 6.33 Å². The topological polar surface area (TPSA) is 46.0 Å². The van der Waals surface area contributed by atoms with Gasteiger partial charge in [-0.1, -0.05) is 13.8 Å². The van der Waals surface area contributed by atoms with Crippen LogP contribution in [0.25, 0.3) is 0 Å². The predicted molar refractivity (Wildman–Crippen MR) is 72.4 cm³/mol. The quantitative estimate of drug-likeness (QED) is 0.841. The van der Waals surface area contributed by atoms with Crippen LogP contribution in [0, 0.1) is 0 Å². The van der Waals surface area contributed by atoms with E-state index in [0.29, 0.717) is 12.1 Å². The highest BCUT2D eigenvalue weighted by atomic mass is 15.3. The molecule has 18 heavy (non-hydrogen) atoms. The second-order valence-electron chi connectivity index (χ2n) is 5.55. The molecule has 0 radical (unpaired) electrons. The number of nitrogens with one attached hydrogen (secondary N) is 1. The standard InChI is InChI=1S/C13H25N5/c1-11(2)15-12-5-4-7-18(9-12)8-6-13-14-10-17(3)16-13/h10-12,15H,4-9H2,1-3H3. The van der Waals surface area contributed by atoms with Gasteiger partial charge in [0, 0.05) is 38.6 Å². The molecule has 1 aromatic heterocycles. The minimum atomic E-state index is 0.576. The van der Waals surface area contributed by atoms with Crippen LogP contribution in [0.3, 0.4) is 0 Å². The summed E-state index contributed by atoms with van der Waals surface area (Å²) in [6, 6.07) is 1.22. The van der Waals surface area contributed by atoms with E-state index in [4.69, 9.17) is 0 Å². The SMILES string of the molecule is CC(C)NC1CCCN(CCc2ncn(C)n2)C1. The zero-order valence-corrected chi connectivity index (χ0v) is 11.8. The van der Waals surface area contributed by atoms with Crippen molar-refractivity contribution in [2.45, 2.75) is 45.2 Å². The van der Waals surface area contributed by atoms with Crippen LogP contribution in [-0.2, 0) is 13.5 Å². The van der Waals surface area contributed by atoms with E-state index < -0.39 is 0 Å². The number of likely N-dealkylation sites (tertiary alicyclic amines) is 1. The number of rotatable bonds is 5. The van der Waals surface area contributed by atoms with Crippen molar-refractivity contribution in [1.82, 2.24) is 25.0 Å². The van der Waals surface area contributed by atoms with Crippen LogP contribution in [0.4, 0.5) is 0 Å². The fraction of sp³-hybridized carbons (Fsp3) is 0.846. The Morgan fingerprint density at radius 2 is 2.33 bits per heavy atom. The van der Waals surface area contributed by atoms with Gasteiger partial charge in [-0.3, -0.25) is 4.68 Å². The summed E-state index contributed by atoms with van der Waals surface area (Å²) in [6.07, 6.45) is 5.32. The van der Waals surface area contributed by atoms with E-state index in [9.17, 15) is 0 Å². The van der Waals surface area contributed by atoms with Crippen LogP contribution in [0.5, 0.6) is 0 Å². The van der Waals surface area contributed by atoms with Gasteiger partial charge in [0.05, 0.1) is 0 Å². The molecule has 5 heteroatoms. The lowest BCUT2D eigenvalue weighted by molar-refractivity contribution is 0.186. The van der Waals surface area contributed by atoms with Crippen molar-refractivity contribution in [3.8, 4) is 0 Å². The average molecular weight is 251 g/mol. The molecule has 102 valence electrons. The van der Waals surface area contributed by atoms with E-state index in [1.54, 1.807) is 11.0 Å². The van der Waals surface area contributed by atoms with E-state index in [1.807, 2.05) is 7.05 Å². The number of piperidine rings is 1. The molecule has 2 heterocycles. The Hall–Kier alpha value is -0.940. The summed E-state index contributed by atoms with van der Waals surface area (Å²) in [4.78, 5) is 6.80. The summed E-state index contributed by atoms with van der Waals surface area (Å²) in [6.45, 7) is 7.88. The summed E-state index contributed by atoms with van der Waals surface area (Å²) >= 11 is 0. The predicted octanol–water partition coefficient (Wildman–Crippen LogP) is 0.820. The second-order valence-corrected chi connectivity index (χ2v) is 5.55. The van der Waals surface area contributed by atoms with E-state index in [0.717, 1.165) is 25.3 Å². The van der Waals surface area contributed by atoms with Gasteiger partial charge in [0.25, 0.3) is 0 Å². The molecule has 1 aliphatic heterocycles. The van der Waals surface area contributed by atoms with Gasteiger partial charge in [-0.15, -0.1) is 0 Å². The summed E-state index contributed by atoms with van der Waals surface area (Å²) in [7, 11) is 1.92. The normalized spacial score (nSPS) is 21.7. The molecular formula is C13H25N5. The van der Waals surface area contributed by atoms with Gasteiger partial charge in [0.2, 0.25) is 0 Å². The molecule has 0 aromatic carbocycles. The molecule has 0 aliphatic carbocycles. The van der Waals surface area contributed by atoms with Gasteiger partial charge in [-0.2, -0.15) is 5.10 Å². The first-order chi connectivity index (χ1) is 8.63. The van der Waals surface area contributed by atoms with Crippen molar-refractivity contribution in [1.29, 1.82) is 0 Å². The average Bonchev–Trinajstić information content (AvgIpc) is 2.72. The van der Waals surface area contributed by atoms with E-state index >= 15 is 0 Å². The smallest absolute Gasteiger partial charge is 0.151 e. The lowest BCUT2D eigenvalue weighted by Crippen LogP contribution is -2.48. The third-order valence-corrected chi connectivity index (χ3v) is 3.37. The largest absolute Gasteiger partial charge is 0.311 e. The Morgan fingerprint density at radius 1 is 1.50 bits per heavy atom. The maximum atomic E-state index is 4.33. The van der Waals surface area contributed by atoms with Crippen LogP contribution in [-0.4, -0.2) is 51.4 Å². The van der Waals surface area contributed by atoms with Crippen molar-refractivity contribution in [2.75, 3.05) is 19.6 Å². The lowest BCUT2D eigenvalue weighted by atomic mass is 10.0. The summed E-state index contributed by atoms with van der Waals surface area (Å²) in [5.74, 6) is 0.955.